The van der Waals surface area contributed by atoms with Crippen LogP contribution in [0.1, 0.15) is 373 Å². The Bertz CT molecular complexity index is 1280. The van der Waals surface area contributed by atoms with E-state index >= 15 is 0 Å². The van der Waals surface area contributed by atoms with Gasteiger partial charge in [0.1, 0.15) is 19.8 Å². The Morgan fingerprint density at radius 2 is 0.577 bits per heavy atom. The third-order valence-corrected chi connectivity index (χ3v) is 17.1. The van der Waals surface area contributed by atoms with Gasteiger partial charge < -0.3 is 27.9 Å². The summed E-state index contributed by atoms with van der Waals surface area (Å²) in [5, 5.41) is 0. The maximum absolute atomic E-state index is 12.9. The number of phosphoric acid groups is 1. The number of likely N-dealkylation sites (N-methyl/N-ethyl adjacent to an activating group) is 1. The average molecular weight is 1130 g/mol. The zero-order valence-corrected chi connectivity index (χ0v) is 54.1. The van der Waals surface area contributed by atoms with E-state index in [2.05, 4.69) is 13.8 Å². The van der Waals surface area contributed by atoms with Crippen LogP contribution in [0.2, 0.25) is 0 Å². The summed E-state index contributed by atoms with van der Waals surface area (Å²) in [6.45, 7) is 4.34. The minimum Gasteiger partial charge on any atom is -0.756 e. The number of unbranched alkanes of at least 4 members (excludes halogenated alkanes) is 52. The molecule has 0 saturated carbocycles. The predicted octanol–water partition coefficient (Wildman–Crippen LogP) is 21.5. The first-order chi connectivity index (χ1) is 38.0. The van der Waals surface area contributed by atoms with Gasteiger partial charge in [-0.05, 0) is 12.8 Å². The molecule has 0 aliphatic carbocycles. The van der Waals surface area contributed by atoms with Gasteiger partial charge in [0.05, 0.1) is 27.7 Å². The first-order valence-electron chi connectivity index (χ1n) is 34.7. The summed E-state index contributed by atoms with van der Waals surface area (Å²) in [6.07, 6.45) is 71.9. The van der Waals surface area contributed by atoms with Crippen LogP contribution in [0.3, 0.4) is 0 Å². The predicted molar refractivity (Wildman–Crippen MR) is 333 cm³/mol. The second-order valence-electron chi connectivity index (χ2n) is 25.3. The van der Waals surface area contributed by atoms with Crippen molar-refractivity contribution in [3.63, 3.8) is 0 Å². The maximum atomic E-state index is 12.9. The van der Waals surface area contributed by atoms with Gasteiger partial charge >= 0.3 is 11.9 Å². The molecule has 0 radical (unpaired) electrons. The fraction of sp³-hybridized carbons (Fsp3) is 0.971. The molecule has 0 heterocycles. The van der Waals surface area contributed by atoms with Crippen LogP contribution in [-0.4, -0.2) is 70.0 Å². The Balaban J connectivity index is 3.98. The Hall–Kier alpha value is -0.990. The lowest BCUT2D eigenvalue weighted by Crippen LogP contribution is -2.37. The fourth-order valence-electron chi connectivity index (χ4n) is 10.8. The maximum Gasteiger partial charge on any atom is 0.306 e. The largest absolute Gasteiger partial charge is 0.756 e. The first-order valence-corrected chi connectivity index (χ1v) is 36.2. The average Bonchev–Trinajstić information content (AvgIpc) is 3.41. The summed E-state index contributed by atoms with van der Waals surface area (Å²) in [5.74, 6) is -0.804. The Kier molecular flexibility index (Phi) is 59.8. The first kappa shape index (κ1) is 77.0. The summed E-state index contributed by atoms with van der Waals surface area (Å²) in [5.41, 5.74) is 0. The molecular formula is C68H136NO8P. The van der Waals surface area contributed by atoms with Gasteiger partial charge in [0.2, 0.25) is 0 Å². The molecule has 0 aliphatic heterocycles. The summed E-state index contributed by atoms with van der Waals surface area (Å²) in [4.78, 5) is 38.0. The van der Waals surface area contributed by atoms with E-state index in [1.165, 1.54) is 308 Å². The van der Waals surface area contributed by atoms with Crippen molar-refractivity contribution in [1.82, 2.24) is 0 Å². The van der Waals surface area contributed by atoms with E-state index in [-0.39, 0.29) is 32.0 Å². The molecule has 0 saturated heterocycles. The van der Waals surface area contributed by atoms with Crippen LogP contribution >= 0.6 is 7.82 Å². The Morgan fingerprint density at radius 1 is 0.346 bits per heavy atom. The molecular weight excluding hydrogens is 990 g/mol. The van der Waals surface area contributed by atoms with Crippen LogP contribution in [0, 0.1) is 0 Å². The molecule has 0 aromatic heterocycles. The van der Waals surface area contributed by atoms with Gasteiger partial charge in [0, 0.05) is 12.8 Å². The van der Waals surface area contributed by atoms with Gasteiger partial charge in [0.25, 0.3) is 7.82 Å². The lowest BCUT2D eigenvalue weighted by molar-refractivity contribution is -0.870. The molecule has 0 spiro atoms. The topological polar surface area (TPSA) is 111 Å². The molecule has 0 aliphatic rings. The van der Waals surface area contributed by atoms with Crippen molar-refractivity contribution in [2.75, 3.05) is 47.5 Å². The second kappa shape index (κ2) is 60.6. The Labute approximate surface area is 486 Å². The van der Waals surface area contributed by atoms with Crippen molar-refractivity contribution in [2.24, 2.45) is 0 Å². The van der Waals surface area contributed by atoms with Crippen molar-refractivity contribution in [2.45, 2.75) is 380 Å². The summed E-state index contributed by atoms with van der Waals surface area (Å²) in [7, 11) is 1.20. The zero-order chi connectivity index (χ0) is 57.0. The molecule has 2 atom stereocenters. The highest BCUT2D eigenvalue weighted by molar-refractivity contribution is 7.45. The van der Waals surface area contributed by atoms with E-state index in [1.807, 2.05) is 21.1 Å². The number of hydrogen-bond donors (Lipinski definition) is 0. The number of carbonyl (C=O) groups is 2. The molecule has 0 aromatic rings. The zero-order valence-electron chi connectivity index (χ0n) is 53.2. The molecule has 0 N–H and O–H groups in total. The number of esters is 2. The molecule has 0 bridgehead atoms. The highest BCUT2D eigenvalue weighted by Crippen LogP contribution is 2.38. The normalized spacial score (nSPS) is 13.1. The number of nitrogens with zero attached hydrogens (tertiary/aromatic N) is 1. The van der Waals surface area contributed by atoms with Crippen LogP contribution in [0.5, 0.6) is 0 Å². The number of hydrogen-bond acceptors (Lipinski definition) is 8. The molecule has 1 unspecified atom stereocenters. The minimum atomic E-state index is -4.63. The molecule has 10 heteroatoms. The molecule has 0 aromatic carbocycles. The standard InChI is InChI=1S/C68H136NO8P/c1-6-8-10-12-14-16-18-20-22-24-26-28-30-32-34-36-38-40-42-44-46-48-50-52-54-56-58-60-67(70)74-64-66(65-76-78(72,73)75-63-62-69(3,4)5)77-68(71)61-59-57-55-53-51-49-47-45-43-41-39-37-35-33-31-29-27-25-23-21-19-17-15-13-11-9-7-2/h66H,6-65H2,1-5H3/t66-/m1/s1. The van der Waals surface area contributed by atoms with Crippen LogP contribution in [0.4, 0.5) is 0 Å². The van der Waals surface area contributed by atoms with E-state index in [0.29, 0.717) is 17.4 Å². The van der Waals surface area contributed by atoms with Crippen molar-refractivity contribution < 1.29 is 42.1 Å². The number of carbonyl (C=O) groups excluding carboxylic acids is 2. The van der Waals surface area contributed by atoms with E-state index < -0.39 is 26.5 Å². The van der Waals surface area contributed by atoms with Crippen molar-refractivity contribution >= 4 is 19.8 Å². The summed E-state index contributed by atoms with van der Waals surface area (Å²) < 4.78 is 34.3. The Morgan fingerprint density at radius 3 is 0.821 bits per heavy atom. The van der Waals surface area contributed by atoms with Crippen LogP contribution in [-0.2, 0) is 32.7 Å². The SMILES string of the molecule is CCCCCCCCCCCCCCCCCCCCCCCCCCCCCC(=O)OC[C@H](COP(=O)([O-])OCC[N+](C)(C)C)OC(=O)CCCCCCCCCCCCCCCCCCCCCCCCCCCCC. The van der Waals surface area contributed by atoms with Crippen molar-refractivity contribution in [3.8, 4) is 0 Å². The van der Waals surface area contributed by atoms with E-state index in [0.717, 1.165) is 32.1 Å². The highest BCUT2D eigenvalue weighted by Gasteiger charge is 2.22. The lowest BCUT2D eigenvalue weighted by Gasteiger charge is -2.28. The summed E-state index contributed by atoms with van der Waals surface area (Å²) >= 11 is 0. The minimum absolute atomic E-state index is 0.0248. The van der Waals surface area contributed by atoms with Crippen LogP contribution < -0.4 is 4.89 Å². The van der Waals surface area contributed by atoms with E-state index in [4.69, 9.17) is 18.5 Å². The quantitative estimate of drug-likeness (QED) is 0.0256. The molecule has 0 rings (SSSR count). The van der Waals surface area contributed by atoms with E-state index in [1.54, 1.807) is 0 Å². The van der Waals surface area contributed by atoms with Gasteiger partial charge in [-0.15, -0.1) is 0 Å². The van der Waals surface area contributed by atoms with Gasteiger partial charge in [-0.2, -0.15) is 0 Å². The number of rotatable bonds is 66. The molecule has 9 nitrogen and oxygen atoms in total. The number of quaternary nitrogens is 1. The second-order valence-corrected chi connectivity index (χ2v) is 26.7. The van der Waals surface area contributed by atoms with Gasteiger partial charge in [-0.3, -0.25) is 14.2 Å². The van der Waals surface area contributed by atoms with Gasteiger partial charge in [-0.1, -0.05) is 348 Å². The third-order valence-electron chi connectivity index (χ3n) is 16.1. The smallest absolute Gasteiger partial charge is 0.306 e. The third kappa shape index (κ3) is 64.2. The summed E-state index contributed by atoms with van der Waals surface area (Å²) in [6, 6.07) is 0. The van der Waals surface area contributed by atoms with E-state index in [9.17, 15) is 19.0 Å². The molecule has 466 valence electrons. The molecule has 0 fully saturated rings. The monoisotopic (exact) mass is 1130 g/mol. The number of phosphoric ester groups is 1. The van der Waals surface area contributed by atoms with Gasteiger partial charge in [0.15, 0.2) is 6.10 Å². The number of ether oxygens (including phenoxy) is 2. The van der Waals surface area contributed by atoms with Crippen molar-refractivity contribution in [1.29, 1.82) is 0 Å². The van der Waals surface area contributed by atoms with Crippen molar-refractivity contribution in [3.05, 3.63) is 0 Å². The highest BCUT2D eigenvalue weighted by atomic mass is 31.2. The molecule has 78 heavy (non-hydrogen) atoms. The lowest BCUT2D eigenvalue weighted by atomic mass is 10.0. The molecule has 0 amide bonds. The van der Waals surface area contributed by atoms with Crippen LogP contribution in [0.15, 0.2) is 0 Å². The fourth-order valence-corrected chi connectivity index (χ4v) is 11.5. The van der Waals surface area contributed by atoms with Gasteiger partial charge in [-0.25, -0.2) is 0 Å². The van der Waals surface area contributed by atoms with Crippen LogP contribution in [0.25, 0.3) is 0 Å².